The maximum absolute atomic E-state index is 6.14. The zero-order chi connectivity index (χ0) is 20.2. The van der Waals surface area contributed by atoms with Gasteiger partial charge in [-0.05, 0) is 53.8 Å². The monoisotopic (exact) mass is 404 g/mol. The Morgan fingerprint density at radius 3 is 2.07 bits per heavy atom. The summed E-state index contributed by atoms with van der Waals surface area (Å²) in [6.07, 6.45) is 0. The molecule has 3 heteroatoms. The number of nitrogens with zero attached hydrogens (tertiary/aromatic N) is 2. The summed E-state index contributed by atoms with van der Waals surface area (Å²) in [6.45, 7) is 9.71. The predicted octanol–water partition coefficient (Wildman–Crippen LogP) is 5.86. The smallest absolute Gasteiger partial charge is 0.0602 e. The van der Waals surface area contributed by atoms with Crippen LogP contribution in [0.5, 0.6) is 0 Å². The second-order valence-corrected chi connectivity index (χ2v) is 8.53. The Balaban J connectivity index is 1.48. The van der Waals surface area contributed by atoms with E-state index in [2.05, 4.69) is 84.3 Å². The first-order valence-electron chi connectivity index (χ1n) is 10.4. The maximum atomic E-state index is 6.14. The molecule has 0 N–H and O–H groups in total. The molecule has 0 saturated carbocycles. The fourth-order valence-electron chi connectivity index (χ4n) is 4.23. The molecule has 1 unspecified atom stereocenters. The van der Waals surface area contributed by atoms with Crippen LogP contribution in [-0.4, -0.2) is 36.0 Å². The summed E-state index contributed by atoms with van der Waals surface area (Å²) in [7, 11) is 0. The molecule has 1 aliphatic heterocycles. The first kappa shape index (κ1) is 20.2. The minimum atomic E-state index is 0.275. The van der Waals surface area contributed by atoms with Gasteiger partial charge in [-0.25, -0.2) is 0 Å². The van der Waals surface area contributed by atoms with Gasteiger partial charge in [-0.3, -0.25) is 9.80 Å². The van der Waals surface area contributed by atoms with Gasteiger partial charge in [0.2, 0.25) is 0 Å². The zero-order valence-corrected chi connectivity index (χ0v) is 18.1. The number of aryl methyl sites for hydroxylation is 2. The summed E-state index contributed by atoms with van der Waals surface area (Å²) < 4.78 is 0. The molecule has 1 atom stereocenters. The average molecular weight is 405 g/mol. The van der Waals surface area contributed by atoms with Gasteiger partial charge in [0.1, 0.15) is 0 Å². The van der Waals surface area contributed by atoms with Crippen LogP contribution >= 0.6 is 11.6 Å². The Kier molecular flexibility index (Phi) is 6.34. The minimum Gasteiger partial charge on any atom is -0.297 e. The summed E-state index contributed by atoms with van der Waals surface area (Å²) in [5, 5.41) is 0.791. The molecule has 0 spiro atoms. The van der Waals surface area contributed by atoms with E-state index in [9.17, 15) is 0 Å². The van der Waals surface area contributed by atoms with Gasteiger partial charge in [0, 0.05) is 37.7 Å². The van der Waals surface area contributed by atoms with Crippen LogP contribution in [0.3, 0.4) is 0 Å². The highest BCUT2D eigenvalue weighted by atomic mass is 35.5. The molecule has 0 radical (unpaired) electrons. The Labute approximate surface area is 179 Å². The van der Waals surface area contributed by atoms with Crippen LogP contribution in [-0.2, 0) is 6.54 Å². The standard InChI is InChI=1S/C26H29ClN2/c1-20-8-9-22(18-21(20)2)19-28-14-16-29(17-15-28)26(23-6-4-3-5-7-23)24-10-12-25(27)13-11-24/h3-13,18,26H,14-17,19H2,1-2H3. The van der Waals surface area contributed by atoms with Crippen LogP contribution in [0.2, 0.25) is 5.02 Å². The normalized spacial score (nSPS) is 16.7. The Morgan fingerprint density at radius 2 is 1.41 bits per heavy atom. The lowest BCUT2D eigenvalue weighted by Crippen LogP contribution is -2.47. The fourth-order valence-corrected chi connectivity index (χ4v) is 4.36. The molecule has 0 aromatic heterocycles. The topological polar surface area (TPSA) is 6.48 Å². The maximum Gasteiger partial charge on any atom is 0.0602 e. The van der Waals surface area contributed by atoms with E-state index < -0.39 is 0 Å². The lowest BCUT2D eigenvalue weighted by atomic mass is 9.96. The Hall–Kier alpha value is -2.13. The fraction of sp³-hybridized carbons (Fsp3) is 0.308. The second-order valence-electron chi connectivity index (χ2n) is 8.10. The molecular weight excluding hydrogens is 376 g/mol. The van der Waals surface area contributed by atoms with E-state index in [1.54, 1.807) is 0 Å². The summed E-state index contributed by atoms with van der Waals surface area (Å²) in [6, 6.07) is 26.3. The highest BCUT2D eigenvalue weighted by Gasteiger charge is 2.26. The van der Waals surface area contributed by atoms with Gasteiger partial charge in [-0.1, -0.05) is 72.3 Å². The van der Waals surface area contributed by atoms with Crippen molar-refractivity contribution in [1.82, 2.24) is 9.80 Å². The summed E-state index contributed by atoms with van der Waals surface area (Å²) in [5.41, 5.74) is 6.82. The predicted molar refractivity (Wildman–Crippen MR) is 123 cm³/mol. The van der Waals surface area contributed by atoms with E-state index >= 15 is 0 Å². The van der Waals surface area contributed by atoms with Gasteiger partial charge in [0.15, 0.2) is 0 Å². The Bertz CT molecular complexity index is 929. The van der Waals surface area contributed by atoms with Crippen molar-refractivity contribution in [3.05, 3.63) is 106 Å². The second kappa shape index (κ2) is 9.13. The van der Waals surface area contributed by atoms with E-state index in [4.69, 9.17) is 11.6 Å². The SMILES string of the molecule is Cc1ccc(CN2CCN(C(c3ccccc3)c3ccc(Cl)cc3)CC2)cc1C. The van der Waals surface area contributed by atoms with Crippen LogP contribution in [0.4, 0.5) is 0 Å². The molecule has 2 nitrogen and oxygen atoms in total. The van der Waals surface area contributed by atoms with E-state index in [1.165, 1.54) is 27.8 Å². The number of hydrogen-bond acceptors (Lipinski definition) is 2. The number of hydrogen-bond donors (Lipinski definition) is 0. The van der Waals surface area contributed by atoms with Crippen LogP contribution in [0.1, 0.15) is 33.9 Å². The van der Waals surface area contributed by atoms with Crippen LogP contribution in [0, 0.1) is 13.8 Å². The number of benzene rings is 3. The Morgan fingerprint density at radius 1 is 0.759 bits per heavy atom. The highest BCUT2D eigenvalue weighted by molar-refractivity contribution is 6.30. The lowest BCUT2D eigenvalue weighted by molar-refractivity contribution is 0.105. The van der Waals surface area contributed by atoms with Gasteiger partial charge in [0.25, 0.3) is 0 Å². The number of piperazine rings is 1. The summed E-state index contributed by atoms with van der Waals surface area (Å²) in [4.78, 5) is 5.18. The molecule has 150 valence electrons. The minimum absolute atomic E-state index is 0.275. The van der Waals surface area contributed by atoms with E-state index in [1.807, 2.05) is 12.1 Å². The molecule has 4 rings (SSSR count). The van der Waals surface area contributed by atoms with Crippen molar-refractivity contribution in [2.75, 3.05) is 26.2 Å². The quantitative estimate of drug-likeness (QED) is 0.525. The van der Waals surface area contributed by atoms with Gasteiger partial charge in [-0.2, -0.15) is 0 Å². The number of halogens is 1. The van der Waals surface area contributed by atoms with Crippen LogP contribution < -0.4 is 0 Å². The molecule has 1 aliphatic rings. The van der Waals surface area contributed by atoms with Crippen molar-refractivity contribution in [3.63, 3.8) is 0 Å². The third-order valence-corrected chi connectivity index (χ3v) is 6.30. The van der Waals surface area contributed by atoms with Crippen LogP contribution in [0.25, 0.3) is 0 Å². The molecule has 3 aromatic rings. The van der Waals surface area contributed by atoms with Crippen molar-refractivity contribution < 1.29 is 0 Å². The summed E-state index contributed by atoms with van der Waals surface area (Å²) >= 11 is 6.14. The van der Waals surface area contributed by atoms with Crippen LogP contribution in [0.15, 0.2) is 72.8 Å². The van der Waals surface area contributed by atoms with Gasteiger partial charge >= 0.3 is 0 Å². The van der Waals surface area contributed by atoms with E-state index in [0.717, 1.165) is 37.7 Å². The van der Waals surface area contributed by atoms with Gasteiger partial charge < -0.3 is 0 Å². The number of rotatable bonds is 5. The van der Waals surface area contributed by atoms with Crippen molar-refractivity contribution in [2.24, 2.45) is 0 Å². The summed E-state index contributed by atoms with van der Waals surface area (Å²) in [5.74, 6) is 0. The third kappa shape index (κ3) is 4.90. The van der Waals surface area contributed by atoms with E-state index in [0.29, 0.717) is 0 Å². The molecule has 1 saturated heterocycles. The average Bonchev–Trinajstić information content (AvgIpc) is 2.74. The molecule has 0 amide bonds. The van der Waals surface area contributed by atoms with Crippen molar-refractivity contribution in [1.29, 1.82) is 0 Å². The molecule has 1 fully saturated rings. The third-order valence-electron chi connectivity index (χ3n) is 6.05. The first-order valence-corrected chi connectivity index (χ1v) is 10.8. The largest absolute Gasteiger partial charge is 0.297 e. The molecule has 0 aliphatic carbocycles. The van der Waals surface area contributed by atoms with Gasteiger partial charge in [-0.15, -0.1) is 0 Å². The molecular formula is C26H29ClN2. The molecule has 1 heterocycles. The van der Waals surface area contributed by atoms with E-state index in [-0.39, 0.29) is 6.04 Å². The molecule has 3 aromatic carbocycles. The van der Waals surface area contributed by atoms with Gasteiger partial charge in [0.05, 0.1) is 6.04 Å². The lowest BCUT2D eigenvalue weighted by Gasteiger charge is -2.40. The highest BCUT2D eigenvalue weighted by Crippen LogP contribution is 2.30. The van der Waals surface area contributed by atoms with Crippen molar-refractivity contribution in [3.8, 4) is 0 Å². The zero-order valence-electron chi connectivity index (χ0n) is 17.3. The van der Waals surface area contributed by atoms with Crippen molar-refractivity contribution in [2.45, 2.75) is 26.4 Å². The molecule has 29 heavy (non-hydrogen) atoms. The van der Waals surface area contributed by atoms with Crippen molar-refractivity contribution >= 4 is 11.6 Å². The molecule has 0 bridgehead atoms. The first-order chi connectivity index (χ1) is 14.1.